The van der Waals surface area contributed by atoms with Gasteiger partial charge in [-0.25, -0.2) is 0 Å². The number of nitriles is 1. The van der Waals surface area contributed by atoms with E-state index in [4.69, 9.17) is 0 Å². The second kappa shape index (κ2) is 4.78. The number of nitrogens with zero attached hydrogens (tertiary/aromatic N) is 4. The number of aromatic nitrogens is 2. The van der Waals surface area contributed by atoms with E-state index in [9.17, 15) is 5.26 Å². The summed E-state index contributed by atoms with van der Waals surface area (Å²) in [5.74, 6) is 1.37. The number of anilines is 1. The molecule has 3 aliphatic rings. The van der Waals surface area contributed by atoms with E-state index in [-0.39, 0.29) is 0 Å². The van der Waals surface area contributed by atoms with Crippen LogP contribution in [0.5, 0.6) is 0 Å². The van der Waals surface area contributed by atoms with Gasteiger partial charge in [-0.15, -0.1) is 5.10 Å². The van der Waals surface area contributed by atoms with Crippen LogP contribution in [0.3, 0.4) is 0 Å². The van der Waals surface area contributed by atoms with Crippen molar-refractivity contribution < 1.29 is 0 Å². The molecule has 2 bridgehead atoms. The third kappa shape index (κ3) is 2.17. The van der Waals surface area contributed by atoms with Crippen LogP contribution in [0.25, 0.3) is 0 Å². The fourth-order valence-electron chi connectivity index (χ4n) is 3.15. The fourth-order valence-corrected chi connectivity index (χ4v) is 3.15. The van der Waals surface area contributed by atoms with Crippen molar-refractivity contribution in [3.8, 4) is 6.07 Å². The van der Waals surface area contributed by atoms with Gasteiger partial charge in [0, 0.05) is 12.6 Å². The molecule has 5 nitrogen and oxygen atoms in total. The standard InChI is InChI=1S/C14H19N5/c1-9-10(2)17-18-14(12(9)7-15)16-13-8-19-5-3-11(13)4-6-19/h11,13H,3-6,8H2,1-2H3,(H,16,18). The summed E-state index contributed by atoms with van der Waals surface area (Å²) in [5.41, 5.74) is 2.40. The van der Waals surface area contributed by atoms with Gasteiger partial charge in [-0.3, -0.25) is 0 Å². The lowest BCUT2D eigenvalue weighted by Crippen LogP contribution is -2.53. The maximum atomic E-state index is 9.32. The van der Waals surface area contributed by atoms with Gasteiger partial charge in [0.1, 0.15) is 11.6 Å². The molecular formula is C14H19N5. The lowest BCUT2D eigenvalue weighted by molar-refractivity contribution is 0.0973. The number of piperidine rings is 3. The average Bonchev–Trinajstić information content (AvgIpc) is 2.45. The molecule has 0 saturated carbocycles. The SMILES string of the molecule is Cc1nnc(NC2CN3CCC2CC3)c(C#N)c1C. The van der Waals surface area contributed by atoms with Gasteiger partial charge in [0.2, 0.25) is 0 Å². The minimum Gasteiger partial charge on any atom is -0.363 e. The zero-order valence-corrected chi connectivity index (χ0v) is 11.5. The van der Waals surface area contributed by atoms with Crippen LogP contribution in [0, 0.1) is 31.1 Å². The van der Waals surface area contributed by atoms with E-state index in [1.807, 2.05) is 13.8 Å². The predicted molar refractivity (Wildman–Crippen MR) is 72.8 cm³/mol. The highest BCUT2D eigenvalue weighted by Gasteiger charge is 2.34. The third-order valence-electron chi connectivity index (χ3n) is 4.54. The molecule has 1 atom stereocenters. The normalized spacial score (nSPS) is 29.0. The summed E-state index contributed by atoms with van der Waals surface area (Å²) in [6.07, 6.45) is 2.50. The maximum Gasteiger partial charge on any atom is 0.167 e. The second-order valence-electron chi connectivity index (χ2n) is 5.63. The summed E-state index contributed by atoms with van der Waals surface area (Å²) in [4.78, 5) is 2.48. The summed E-state index contributed by atoms with van der Waals surface area (Å²) in [6, 6.07) is 2.67. The summed E-state index contributed by atoms with van der Waals surface area (Å²) in [6.45, 7) is 7.31. The van der Waals surface area contributed by atoms with E-state index in [2.05, 4.69) is 26.5 Å². The summed E-state index contributed by atoms with van der Waals surface area (Å²) < 4.78 is 0. The van der Waals surface area contributed by atoms with Crippen LogP contribution < -0.4 is 5.32 Å². The van der Waals surface area contributed by atoms with Gasteiger partial charge in [-0.1, -0.05) is 0 Å². The average molecular weight is 257 g/mol. The Morgan fingerprint density at radius 1 is 1.26 bits per heavy atom. The first-order valence-corrected chi connectivity index (χ1v) is 6.92. The summed E-state index contributed by atoms with van der Waals surface area (Å²) in [5, 5.41) is 21.1. The molecule has 100 valence electrons. The first kappa shape index (κ1) is 12.4. The molecule has 0 radical (unpaired) electrons. The van der Waals surface area contributed by atoms with E-state index in [1.165, 1.54) is 25.9 Å². The molecule has 4 rings (SSSR count). The molecule has 1 aromatic rings. The Morgan fingerprint density at radius 2 is 2.00 bits per heavy atom. The van der Waals surface area contributed by atoms with Crippen LogP contribution in [0.15, 0.2) is 0 Å². The number of hydrogen-bond donors (Lipinski definition) is 1. The van der Waals surface area contributed by atoms with Crippen LogP contribution in [0.4, 0.5) is 5.82 Å². The number of rotatable bonds is 2. The second-order valence-corrected chi connectivity index (χ2v) is 5.63. The monoisotopic (exact) mass is 257 g/mol. The van der Waals surface area contributed by atoms with Crippen LogP contribution in [-0.4, -0.2) is 40.8 Å². The highest BCUT2D eigenvalue weighted by atomic mass is 15.2. The van der Waals surface area contributed by atoms with Gasteiger partial charge >= 0.3 is 0 Å². The molecule has 19 heavy (non-hydrogen) atoms. The summed E-state index contributed by atoms with van der Waals surface area (Å²) in [7, 11) is 0. The summed E-state index contributed by atoms with van der Waals surface area (Å²) >= 11 is 0. The lowest BCUT2D eigenvalue weighted by Gasteiger charge is -2.45. The van der Waals surface area contributed by atoms with Crippen LogP contribution in [-0.2, 0) is 0 Å². The van der Waals surface area contributed by atoms with Crippen molar-refractivity contribution in [2.24, 2.45) is 5.92 Å². The van der Waals surface area contributed by atoms with E-state index in [0.29, 0.717) is 23.3 Å². The molecule has 1 unspecified atom stereocenters. The zero-order valence-electron chi connectivity index (χ0n) is 11.5. The molecule has 0 amide bonds. The minimum absolute atomic E-state index is 0.408. The Hall–Kier alpha value is -1.67. The van der Waals surface area contributed by atoms with Crippen molar-refractivity contribution in [2.45, 2.75) is 32.7 Å². The Balaban J connectivity index is 1.84. The molecule has 3 saturated heterocycles. The first-order valence-electron chi connectivity index (χ1n) is 6.92. The van der Waals surface area contributed by atoms with Crippen LogP contribution in [0.1, 0.15) is 29.7 Å². The van der Waals surface area contributed by atoms with Gasteiger partial charge in [0.05, 0.1) is 5.69 Å². The van der Waals surface area contributed by atoms with Crippen molar-refractivity contribution in [3.05, 3.63) is 16.8 Å². The Kier molecular flexibility index (Phi) is 3.11. The fraction of sp³-hybridized carbons (Fsp3) is 0.643. The molecule has 0 spiro atoms. The van der Waals surface area contributed by atoms with Crippen molar-refractivity contribution in [1.29, 1.82) is 5.26 Å². The molecular weight excluding hydrogens is 238 g/mol. The van der Waals surface area contributed by atoms with E-state index in [0.717, 1.165) is 17.8 Å². The molecule has 3 fully saturated rings. The Labute approximate surface area is 113 Å². The van der Waals surface area contributed by atoms with Gasteiger partial charge in [0.25, 0.3) is 0 Å². The van der Waals surface area contributed by atoms with E-state index >= 15 is 0 Å². The van der Waals surface area contributed by atoms with Crippen LogP contribution in [0.2, 0.25) is 0 Å². The van der Waals surface area contributed by atoms with Crippen molar-refractivity contribution in [1.82, 2.24) is 15.1 Å². The van der Waals surface area contributed by atoms with Gasteiger partial charge in [0.15, 0.2) is 5.82 Å². The number of nitrogens with one attached hydrogen (secondary N) is 1. The van der Waals surface area contributed by atoms with E-state index < -0.39 is 0 Å². The first-order chi connectivity index (χ1) is 9.19. The quantitative estimate of drug-likeness (QED) is 0.869. The highest BCUT2D eigenvalue weighted by Crippen LogP contribution is 2.30. The molecule has 3 aliphatic heterocycles. The number of hydrogen-bond acceptors (Lipinski definition) is 5. The van der Waals surface area contributed by atoms with Crippen LogP contribution >= 0.6 is 0 Å². The lowest BCUT2D eigenvalue weighted by atomic mass is 9.84. The van der Waals surface area contributed by atoms with Gasteiger partial charge in [-0.2, -0.15) is 10.4 Å². The number of fused-ring (bicyclic) bond motifs is 3. The van der Waals surface area contributed by atoms with Gasteiger partial charge in [-0.05, 0) is 51.3 Å². The van der Waals surface area contributed by atoms with Gasteiger partial charge < -0.3 is 10.2 Å². The Bertz CT molecular complexity index is 525. The predicted octanol–water partition coefficient (Wildman–Crippen LogP) is 1.47. The maximum absolute atomic E-state index is 9.32. The molecule has 4 heterocycles. The smallest absolute Gasteiger partial charge is 0.167 e. The van der Waals surface area contributed by atoms with Crippen molar-refractivity contribution >= 4 is 5.82 Å². The molecule has 1 N–H and O–H groups in total. The topological polar surface area (TPSA) is 64.8 Å². The zero-order chi connectivity index (χ0) is 13.4. The number of aryl methyl sites for hydroxylation is 1. The van der Waals surface area contributed by atoms with Crippen molar-refractivity contribution in [3.63, 3.8) is 0 Å². The molecule has 0 aliphatic carbocycles. The molecule has 0 aromatic carbocycles. The van der Waals surface area contributed by atoms with Crippen molar-refractivity contribution in [2.75, 3.05) is 25.0 Å². The minimum atomic E-state index is 0.408. The highest BCUT2D eigenvalue weighted by molar-refractivity contribution is 5.56. The van der Waals surface area contributed by atoms with E-state index in [1.54, 1.807) is 0 Å². The molecule has 1 aromatic heterocycles. The Morgan fingerprint density at radius 3 is 2.58 bits per heavy atom. The largest absolute Gasteiger partial charge is 0.363 e. The molecule has 5 heteroatoms. The third-order valence-corrected chi connectivity index (χ3v) is 4.54.